The van der Waals surface area contributed by atoms with Gasteiger partial charge in [-0.2, -0.15) is 18.2 Å². The number of benzene rings is 1. The van der Waals surface area contributed by atoms with Crippen LogP contribution in [0.2, 0.25) is 0 Å². The maximum atomic E-state index is 12.4. The van der Waals surface area contributed by atoms with Gasteiger partial charge in [-0.05, 0) is 12.0 Å². The first-order valence-corrected chi connectivity index (χ1v) is 6.95. The summed E-state index contributed by atoms with van der Waals surface area (Å²) < 4.78 is 42.8. The van der Waals surface area contributed by atoms with E-state index < -0.39 is 17.6 Å². The van der Waals surface area contributed by atoms with Gasteiger partial charge in [0.05, 0.1) is 6.33 Å². The summed E-state index contributed by atoms with van der Waals surface area (Å²) in [5.74, 6) is -1.86. The number of rotatable bonds is 4. The molecule has 3 rings (SSSR count). The molecule has 9 heteroatoms. The van der Waals surface area contributed by atoms with Crippen LogP contribution in [0.3, 0.4) is 0 Å². The fraction of sp³-hybridized carbons (Fsp3) is 0.200. The molecule has 0 aliphatic carbocycles. The number of aryl methyl sites for hydroxylation is 2. The molecular formula is C15H11F3N4O2. The first-order chi connectivity index (χ1) is 11.4. The molecule has 2 aromatic heterocycles. The minimum absolute atomic E-state index is 0.0739. The molecule has 1 aromatic carbocycles. The number of hydrogen-bond donors (Lipinski definition) is 0. The molecule has 0 saturated carbocycles. The predicted molar refractivity (Wildman–Crippen MR) is 76.9 cm³/mol. The van der Waals surface area contributed by atoms with Gasteiger partial charge >= 0.3 is 12.1 Å². The average molecular weight is 336 g/mol. The molecule has 0 atom stereocenters. The van der Waals surface area contributed by atoms with E-state index in [1.165, 1.54) is 10.9 Å². The highest BCUT2D eigenvalue weighted by molar-refractivity contribution is 5.46. The van der Waals surface area contributed by atoms with Crippen molar-refractivity contribution in [3.8, 4) is 11.5 Å². The Kier molecular flexibility index (Phi) is 4.15. The molecule has 0 aliphatic rings. The minimum Gasteiger partial charge on any atom is -0.329 e. The quantitative estimate of drug-likeness (QED) is 0.732. The Hall–Kier alpha value is -2.97. The molecule has 0 N–H and O–H groups in total. The van der Waals surface area contributed by atoms with Gasteiger partial charge in [0.25, 0.3) is 5.56 Å². The molecule has 0 bridgehead atoms. The fourth-order valence-corrected chi connectivity index (χ4v) is 2.05. The highest BCUT2D eigenvalue weighted by atomic mass is 19.4. The number of alkyl halides is 3. The Labute approximate surface area is 133 Å². The van der Waals surface area contributed by atoms with Crippen molar-refractivity contribution < 1.29 is 17.7 Å². The molecule has 0 aliphatic heterocycles. The summed E-state index contributed by atoms with van der Waals surface area (Å²) in [5.41, 5.74) is 0.575. The minimum atomic E-state index is -4.74. The van der Waals surface area contributed by atoms with Crippen LogP contribution < -0.4 is 5.56 Å². The second kappa shape index (κ2) is 6.26. The van der Waals surface area contributed by atoms with Crippen LogP contribution in [0, 0.1) is 0 Å². The zero-order valence-electron chi connectivity index (χ0n) is 12.2. The predicted octanol–water partition coefficient (Wildman–Crippen LogP) is 2.55. The maximum absolute atomic E-state index is 12.4. The Morgan fingerprint density at radius 3 is 2.54 bits per heavy atom. The molecule has 0 radical (unpaired) electrons. The van der Waals surface area contributed by atoms with E-state index in [1.807, 2.05) is 30.3 Å². The van der Waals surface area contributed by atoms with Crippen molar-refractivity contribution in [3.05, 3.63) is 64.5 Å². The van der Waals surface area contributed by atoms with Gasteiger partial charge in [0.2, 0.25) is 5.82 Å². The van der Waals surface area contributed by atoms with Gasteiger partial charge in [0.1, 0.15) is 5.69 Å². The summed E-state index contributed by atoms with van der Waals surface area (Å²) in [5, 5.41) is 3.20. The van der Waals surface area contributed by atoms with Crippen LogP contribution in [0.1, 0.15) is 11.5 Å². The molecule has 3 aromatic rings. The van der Waals surface area contributed by atoms with E-state index in [4.69, 9.17) is 0 Å². The first kappa shape index (κ1) is 15.9. The molecule has 0 saturated heterocycles. The molecule has 0 unspecified atom stereocenters. The van der Waals surface area contributed by atoms with Crippen molar-refractivity contribution in [2.24, 2.45) is 0 Å². The molecule has 24 heavy (non-hydrogen) atoms. The van der Waals surface area contributed by atoms with E-state index in [1.54, 1.807) is 0 Å². The Bertz CT molecular complexity index is 887. The average Bonchev–Trinajstić information content (AvgIpc) is 3.05. The second-order valence-corrected chi connectivity index (χ2v) is 4.96. The zero-order chi connectivity index (χ0) is 17.2. The number of aromatic nitrogens is 4. The van der Waals surface area contributed by atoms with Gasteiger partial charge in [0, 0.05) is 12.6 Å². The first-order valence-electron chi connectivity index (χ1n) is 6.95. The van der Waals surface area contributed by atoms with Crippen molar-refractivity contribution in [3.63, 3.8) is 0 Å². The molecular weight excluding hydrogens is 325 g/mol. The smallest absolute Gasteiger partial charge is 0.329 e. The van der Waals surface area contributed by atoms with Crippen molar-refractivity contribution in [2.75, 3.05) is 0 Å². The summed E-state index contributed by atoms with van der Waals surface area (Å²) in [6.45, 7) is 0.399. The molecule has 2 heterocycles. The highest BCUT2D eigenvalue weighted by Crippen LogP contribution is 2.28. The van der Waals surface area contributed by atoms with Gasteiger partial charge in [0.15, 0.2) is 0 Å². The van der Waals surface area contributed by atoms with E-state index >= 15 is 0 Å². The van der Waals surface area contributed by atoms with E-state index in [0.29, 0.717) is 13.0 Å². The molecule has 0 spiro atoms. The maximum Gasteiger partial charge on any atom is 0.471 e. The van der Waals surface area contributed by atoms with Crippen LogP contribution in [0.15, 0.2) is 52.0 Å². The fourth-order valence-electron chi connectivity index (χ4n) is 2.05. The van der Waals surface area contributed by atoms with Gasteiger partial charge < -0.3 is 4.52 Å². The Morgan fingerprint density at radius 1 is 1.17 bits per heavy atom. The van der Waals surface area contributed by atoms with Crippen molar-refractivity contribution in [1.82, 2.24) is 19.7 Å². The number of halogens is 3. The summed E-state index contributed by atoms with van der Waals surface area (Å²) in [6.07, 6.45) is -2.86. The third-order valence-corrected chi connectivity index (χ3v) is 3.26. The third kappa shape index (κ3) is 3.50. The normalized spacial score (nSPS) is 11.6. The largest absolute Gasteiger partial charge is 0.471 e. The molecule has 6 nitrogen and oxygen atoms in total. The van der Waals surface area contributed by atoms with Crippen molar-refractivity contribution >= 4 is 0 Å². The van der Waals surface area contributed by atoms with Crippen molar-refractivity contribution in [1.29, 1.82) is 0 Å². The summed E-state index contributed by atoms with van der Waals surface area (Å²) >= 11 is 0. The second-order valence-electron chi connectivity index (χ2n) is 4.96. The van der Waals surface area contributed by atoms with E-state index in [0.717, 1.165) is 11.6 Å². The third-order valence-electron chi connectivity index (χ3n) is 3.26. The monoisotopic (exact) mass is 336 g/mol. The summed E-state index contributed by atoms with van der Waals surface area (Å²) in [4.78, 5) is 19.2. The van der Waals surface area contributed by atoms with Crippen LogP contribution in [-0.2, 0) is 19.1 Å². The topological polar surface area (TPSA) is 73.8 Å². The molecule has 0 amide bonds. The van der Waals surface area contributed by atoms with E-state index in [9.17, 15) is 18.0 Å². The van der Waals surface area contributed by atoms with Gasteiger partial charge in [-0.15, -0.1) is 0 Å². The lowest BCUT2D eigenvalue weighted by Gasteiger charge is -2.05. The number of hydrogen-bond acceptors (Lipinski definition) is 5. The SMILES string of the molecule is O=c1cc(-c2noc(C(F)(F)F)n2)ncn1CCc1ccccc1. The highest BCUT2D eigenvalue weighted by Gasteiger charge is 2.38. The Morgan fingerprint density at radius 2 is 1.92 bits per heavy atom. The lowest BCUT2D eigenvalue weighted by molar-refractivity contribution is -0.159. The lowest BCUT2D eigenvalue weighted by atomic mass is 10.1. The van der Waals surface area contributed by atoms with Gasteiger partial charge in [-0.3, -0.25) is 9.36 Å². The molecule has 0 fully saturated rings. The van der Waals surface area contributed by atoms with Crippen LogP contribution in [0.4, 0.5) is 13.2 Å². The summed E-state index contributed by atoms with van der Waals surface area (Å²) in [7, 11) is 0. The van der Waals surface area contributed by atoms with Crippen LogP contribution in [-0.4, -0.2) is 19.7 Å². The van der Waals surface area contributed by atoms with Crippen LogP contribution >= 0.6 is 0 Å². The van der Waals surface area contributed by atoms with Gasteiger partial charge in [-0.25, -0.2) is 4.98 Å². The summed E-state index contributed by atoms with van der Waals surface area (Å²) in [6, 6.07) is 10.6. The van der Waals surface area contributed by atoms with Gasteiger partial charge in [-0.1, -0.05) is 35.5 Å². The molecule has 124 valence electrons. The van der Waals surface area contributed by atoms with Crippen LogP contribution in [0.25, 0.3) is 11.5 Å². The van der Waals surface area contributed by atoms with E-state index in [2.05, 4.69) is 19.6 Å². The lowest BCUT2D eigenvalue weighted by Crippen LogP contribution is -2.21. The van der Waals surface area contributed by atoms with Crippen LogP contribution in [0.5, 0.6) is 0 Å². The Balaban J connectivity index is 1.77. The van der Waals surface area contributed by atoms with E-state index in [-0.39, 0.29) is 11.5 Å². The standard InChI is InChI=1S/C15H11F3N4O2/c16-15(17,18)14-20-13(21-24-14)11-8-12(23)22(9-19-11)7-6-10-4-2-1-3-5-10/h1-5,8-9H,6-7H2. The number of nitrogens with zero attached hydrogens (tertiary/aromatic N) is 4. The van der Waals surface area contributed by atoms with Crippen molar-refractivity contribution in [2.45, 2.75) is 19.1 Å². The zero-order valence-corrected chi connectivity index (χ0v) is 12.2.